The lowest BCUT2D eigenvalue weighted by molar-refractivity contribution is -0.117. The summed E-state index contributed by atoms with van der Waals surface area (Å²) >= 11 is 0. The van der Waals surface area contributed by atoms with Crippen molar-refractivity contribution >= 4 is 5.91 Å². The van der Waals surface area contributed by atoms with Crippen molar-refractivity contribution in [3.05, 3.63) is 42.2 Å². The van der Waals surface area contributed by atoms with E-state index in [2.05, 4.69) is 11.9 Å². The van der Waals surface area contributed by atoms with Crippen molar-refractivity contribution < 1.29 is 13.9 Å². The zero-order valence-electron chi connectivity index (χ0n) is 11.3. The zero-order chi connectivity index (χ0) is 14.2. The molecule has 1 fully saturated rings. The molecule has 3 rings (SSSR count). The van der Waals surface area contributed by atoms with Crippen molar-refractivity contribution in [2.75, 3.05) is 0 Å². The smallest absolute Gasteiger partial charge is 0.243 e. The van der Waals surface area contributed by atoms with Crippen LogP contribution in [0.5, 0.6) is 5.75 Å². The molecule has 1 N–H and O–H groups in total. The number of halogens is 1. The summed E-state index contributed by atoms with van der Waals surface area (Å²) in [5.74, 6) is 0.141. The molecule has 4 heteroatoms. The highest BCUT2D eigenvalue weighted by molar-refractivity contribution is 5.87. The Bertz CT molecular complexity index is 549. The third kappa shape index (κ3) is 2.30. The van der Waals surface area contributed by atoms with E-state index in [0.717, 1.165) is 31.2 Å². The SMILES string of the molecule is C=CC(=O)N[C@@H]1CC2(CCCC2)Oc2ccc(F)cc21. The minimum absolute atomic E-state index is 0.204. The fourth-order valence-corrected chi connectivity index (χ4v) is 3.33. The predicted molar refractivity (Wildman–Crippen MR) is 73.9 cm³/mol. The molecule has 0 aromatic heterocycles. The molecule has 0 unspecified atom stereocenters. The van der Waals surface area contributed by atoms with Gasteiger partial charge in [-0.1, -0.05) is 6.58 Å². The number of carbonyl (C=O) groups is 1. The molecule has 3 nitrogen and oxygen atoms in total. The van der Waals surface area contributed by atoms with Crippen LogP contribution in [0.2, 0.25) is 0 Å². The quantitative estimate of drug-likeness (QED) is 0.841. The highest BCUT2D eigenvalue weighted by atomic mass is 19.1. The van der Waals surface area contributed by atoms with Crippen molar-refractivity contribution in [3.63, 3.8) is 0 Å². The van der Waals surface area contributed by atoms with E-state index < -0.39 is 0 Å². The Labute approximate surface area is 117 Å². The topological polar surface area (TPSA) is 38.3 Å². The number of fused-ring (bicyclic) bond motifs is 1. The molecule has 1 spiro atoms. The first kappa shape index (κ1) is 13.2. The Balaban J connectivity index is 1.96. The molecule has 1 aliphatic heterocycles. The van der Waals surface area contributed by atoms with Gasteiger partial charge in [0, 0.05) is 12.0 Å². The summed E-state index contributed by atoms with van der Waals surface area (Å²) in [6, 6.07) is 4.31. The van der Waals surface area contributed by atoms with E-state index >= 15 is 0 Å². The molecule has 0 radical (unpaired) electrons. The lowest BCUT2D eigenvalue weighted by Gasteiger charge is -2.40. The van der Waals surface area contributed by atoms with E-state index in [-0.39, 0.29) is 23.4 Å². The fourth-order valence-electron chi connectivity index (χ4n) is 3.33. The lowest BCUT2D eigenvalue weighted by atomic mass is 9.86. The van der Waals surface area contributed by atoms with Crippen LogP contribution in [-0.4, -0.2) is 11.5 Å². The van der Waals surface area contributed by atoms with Crippen LogP contribution in [0.3, 0.4) is 0 Å². The van der Waals surface area contributed by atoms with Crippen LogP contribution in [0.25, 0.3) is 0 Å². The summed E-state index contributed by atoms with van der Waals surface area (Å²) in [6.07, 6.45) is 6.20. The summed E-state index contributed by atoms with van der Waals surface area (Å²) in [4.78, 5) is 11.6. The summed E-state index contributed by atoms with van der Waals surface area (Å²) in [6.45, 7) is 3.47. The minimum atomic E-state index is -0.312. The van der Waals surface area contributed by atoms with Gasteiger partial charge in [0.2, 0.25) is 5.91 Å². The average molecular weight is 275 g/mol. The molecule has 1 amide bonds. The zero-order valence-corrected chi connectivity index (χ0v) is 11.3. The molecule has 20 heavy (non-hydrogen) atoms. The number of hydrogen-bond donors (Lipinski definition) is 1. The lowest BCUT2D eigenvalue weighted by Crippen LogP contribution is -2.43. The van der Waals surface area contributed by atoms with E-state index in [1.54, 1.807) is 6.07 Å². The van der Waals surface area contributed by atoms with Crippen molar-refractivity contribution in [1.29, 1.82) is 0 Å². The first-order chi connectivity index (χ1) is 9.62. The average Bonchev–Trinajstić information content (AvgIpc) is 2.87. The molecular formula is C16H18FNO2. The van der Waals surface area contributed by atoms with Gasteiger partial charge in [-0.15, -0.1) is 0 Å². The monoisotopic (exact) mass is 275 g/mol. The van der Waals surface area contributed by atoms with Gasteiger partial charge in [-0.25, -0.2) is 4.39 Å². The third-order valence-electron chi connectivity index (χ3n) is 4.27. The largest absolute Gasteiger partial charge is 0.487 e. The Morgan fingerprint density at radius 3 is 2.90 bits per heavy atom. The molecule has 1 aromatic carbocycles. The number of amides is 1. The molecule has 1 heterocycles. The van der Waals surface area contributed by atoms with Gasteiger partial charge in [0.1, 0.15) is 17.2 Å². The first-order valence-electron chi connectivity index (χ1n) is 7.03. The van der Waals surface area contributed by atoms with Gasteiger partial charge in [-0.2, -0.15) is 0 Å². The fraction of sp³-hybridized carbons (Fsp3) is 0.438. The molecule has 1 aliphatic carbocycles. The highest BCUT2D eigenvalue weighted by Gasteiger charge is 2.43. The van der Waals surface area contributed by atoms with Crippen LogP contribution in [-0.2, 0) is 4.79 Å². The summed E-state index contributed by atoms with van der Waals surface area (Å²) < 4.78 is 19.6. The second-order valence-electron chi connectivity index (χ2n) is 5.64. The minimum Gasteiger partial charge on any atom is -0.487 e. The van der Waals surface area contributed by atoms with Crippen LogP contribution >= 0.6 is 0 Å². The van der Waals surface area contributed by atoms with Gasteiger partial charge >= 0.3 is 0 Å². The number of hydrogen-bond acceptors (Lipinski definition) is 2. The molecule has 106 valence electrons. The van der Waals surface area contributed by atoms with Gasteiger partial charge in [0.05, 0.1) is 6.04 Å². The normalized spacial score (nSPS) is 22.9. The van der Waals surface area contributed by atoms with E-state index in [0.29, 0.717) is 12.2 Å². The van der Waals surface area contributed by atoms with Crippen LogP contribution in [0.4, 0.5) is 4.39 Å². The molecule has 1 saturated carbocycles. The molecule has 0 bridgehead atoms. The molecule has 2 aliphatic rings. The second kappa shape index (κ2) is 4.93. The Morgan fingerprint density at radius 2 is 2.20 bits per heavy atom. The number of benzene rings is 1. The second-order valence-corrected chi connectivity index (χ2v) is 5.64. The van der Waals surface area contributed by atoms with Gasteiger partial charge < -0.3 is 10.1 Å². The van der Waals surface area contributed by atoms with E-state index in [9.17, 15) is 9.18 Å². The van der Waals surface area contributed by atoms with Crippen molar-refractivity contribution in [3.8, 4) is 5.75 Å². The Kier molecular flexibility index (Phi) is 3.24. The van der Waals surface area contributed by atoms with E-state index in [1.165, 1.54) is 18.2 Å². The van der Waals surface area contributed by atoms with Gasteiger partial charge in [-0.05, 0) is 50.0 Å². The van der Waals surface area contributed by atoms with Gasteiger partial charge in [0.25, 0.3) is 0 Å². The summed E-state index contributed by atoms with van der Waals surface area (Å²) in [7, 11) is 0. The summed E-state index contributed by atoms with van der Waals surface area (Å²) in [5, 5.41) is 2.90. The van der Waals surface area contributed by atoms with Crippen LogP contribution < -0.4 is 10.1 Å². The van der Waals surface area contributed by atoms with Crippen molar-refractivity contribution in [2.45, 2.75) is 43.7 Å². The highest BCUT2D eigenvalue weighted by Crippen LogP contribution is 2.47. The molecule has 1 aromatic rings. The van der Waals surface area contributed by atoms with E-state index in [4.69, 9.17) is 4.74 Å². The first-order valence-corrected chi connectivity index (χ1v) is 7.03. The van der Waals surface area contributed by atoms with Crippen LogP contribution in [0.1, 0.15) is 43.7 Å². The maximum absolute atomic E-state index is 13.5. The number of carbonyl (C=O) groups excluding carboxylic acids is 1. The van der Waals surface area contributed by atoms with Crippen molar-refractivity contribution in [1.82, 2.24) is 5.32 Å². The van der Waals surface area contributed by atoms with Gasteiger partial charge in [0.15, 0.2) is 0 Å². The maximum atomic E-state index is 13.5. The molecule has 0 saturated heterocycles. The third-order valence-corrected chi connectivity index (χ3v) is 4.27. The summed E-state index contributed by atoms with van der Waals surface area (Å²) in [5.41, 5.74) is 0.516. The molecular weight excluding hydrogens is 257 g/mol. The maximum Gasteiger partial charge on any atom is 0.243 e. The Morgan fingerprint density at radius 1 is 1.45 bits per heavy atom. The van der Waals surface area contributed by atoms with Crippen LogP contribution in [0.15, 0.2) is 30.9 Å². The molecule has 1 atom stereocenters. The van der Waals surface area contributed by atoms with Crippen molar-refractivity contribution in [2.24, 2.45) is 0 Å². The predicted octanol–water partition coefficient (Wildman–Crippen LogP) is 3.26. The standard InChI is InChI=1S/C16H18FNO2/c1-2-15(19)18-13-10-16(7-3-4-8-16)20-14-6-5-11(17)9-12(13)14/h2,5-6,9,13H,1,3-4,7-8,10H2,(H,18,19)/t13-/m1/s1. The van der Waals surface area contributed by atoms with Crippen LogP contribution in [0, 0.1) is 5.82 Å². The Hall–Kier alpha value is -1.84. The van der Waals surface area contributed by atoms with Gasteiger partial charge in [-0.3, -0.25) is 4.79 Å². The number of nitrogens with one attached hydrogen (secondary N) is 1. The van der Waals surface area contributed by atoms with E-state index in [1.807, 2.05) is 0 Å². The number of ether oxygens (including phenoxy) is 1. The number of rotatable bonds is 2.